The number of nitrogens with two attached hydrogens (primary N) is 1. The molecule has 0 spiro atoms. The van der Waals surface area contributed by atoms with Crippen molar-refractivity contribution in [1.29, 1.82) is 0 Å². The number of fused-ring (bicyclic) bond motifs is 1. The number of halogens is 1. The Bertz CT molecular complexity index is 592. The molecule has 6 heteroatoms. The van der Waals surface area contributed by atoms with Crippen molar-refractivity contribution in [2.75, 3.05) is 18.0 Å². The highest BCUT2D eigenvalue weighted by Crippen LogP contribution is 2.33. The molecule has 1 aromatic carbocycles. The van der Waals surface area contributed by atoms with Gasteiger partial charge < -0.3 is 16.0 Å². The first-order valence-corrected chi connectivity index (χ1v) is 8.39. The quantitative estimate of drug-likeness (QED) is 0.786. The van der Waals surface area contributed by atoms with Crippen molar-refractivity contribution in [2.45, 2.75) is 25.3 Å². The fraction of sp³-hybridized carbons (Fsp3) is 0.467. The van der Waals surface area contributed by atoms with E-state index >= 15 is 0 Å². The minimum absolute atomic E-state index is 0.191. The maximum absolute atomic E-state index is 11.5. The van der Waals surface area contributed by atoms with Crippen molar-refractivity contribution in [3.05, 3.63) is 28.2 Å². The van der Waals surface area contributed by atoms with E-state index < -0.39 is 0 Å². The van der Waals surface area contributed by atoms with E-state index in [0.717, 1.165) is 41.7 Å². The molecule has 112 valence electrons. The molecule has 21 heavy (non-hydrogen) atoms. The summed E-state index contributed by atoms with van der Waals surface area (Å²) in [6.07, 6.45) is 2.57. The lowest BCUT2D eigenvalue weighted by Crippen LogP contribution is -2.54. The van der Waals surface area contributed by atoms with Gasteiger partial charge in [-0.1, -0.05) is 18.3 Å². The number of amides is 1. The molecular formula is C15H18BrN3OS. The molecular weight excluding hydrogens is 350 g/mol. The van der Waals surface area contributed by atoms with Crippen molar-refractivity contribution in [3.8, 4) is 0 Å². The number of hydrogen-bond donors (Lipinski definition) is 2. The predicted octanol–water partition coefficient (Wildman–Crippen LogP) is 2.19. The first-order valence-electron chi connectivity index (χ1n) is 7.19. The third-order valence-electron chi connectivity index (χ3n) is 4.40. The Hall–Kier alpha value is -1.14. The molecule has 4 nitrogen and oxygen atoms in total. The molecule has 1 aromatic rings. The van der Waals surface area contributed by atoms with Gasteiger partial charge >= 0.3 is 0 Å². The van der Waals surface area contributed by atoms with Gasteiger partial charge in [0, 0.05) is 41.3 Å². The van der Waals surface area contributed by atoms with Gasteiger partial charge in [0.2, 0.25) is 5.91 Å². The zero-order chi connectivity index (χ0) is 15.0. The normalized spacial score (nSPS) is 25.2. The summed E-state index contributed by atoms with van der Waals surface area (Å²) in [4.78, 5) is 14.3. The van der Waals surface area contributed by atoms with Gasteiger partial charge in [-0.25, -0.2) is 0 Å². The SMILES string of the molecule is NC(=S)c1c(Br)cccc1N1CCC2NC(=O)CCC2C1. The summed E-state index contributed by atoms with van der Waals surface area (Å²) in [5.74, 6) is 0.700. The fourth-order valence-electron chi connectivity index (χ4n) is 3.35. The summed E-state index contributed by atoms with van der Waals surface area (Å²) in [6.45, 7) is 1.85. The number of benzene rings is 1. The Morgan fingerprint density at radius 3 is 3.00 bits per heavy atom. The molecule has 2 atom stereocenters. The molecule has 0 aliphatic carbocycles. The second-order valence-electron chi connectivity index (χ2n) is 5.71. The summed E-state index contributed by atoms with van der Waals surface area (Å²) in [7, 11) is 0. The van der Waals surface area contributed by atoms with Gasteiger partial charge in [0.25, 0.3) is 0 Å². The van der Waals surface area contributed by atoms with Crippen molar-refractivity contribution < 1.29 is 4.79 Å². The van der Waals surface area contributed by atoms with Crippen LogP contribution in [0.15, 0.2) is 22.7 Å². The van der Waals surface area contributed by atoms with E-state index in [9.17, 15) is 4.79 Å². The van der Waals surface area contributed by atoms with Gasteiger partial charge in [-0.05, 0) is 46.8 Å². The van der Waals surface area contributed by atoms with Crippen LogP contribution in [0.4, 0.5) is 5.69 Å². The molecule has 0 aromatic heterocycles. The van der Waals surface area contributed by atoms with E-state index in [1.807, 2.05) is 12.1 Å². The van der Waals surface area contributed by atoms with E-state index in [2.05, 4.69) is 32.2 Å². The third-order valence-corrected chi connectivity index (χ3v) is 5.27. The lowest BCUT2D eigenvalue weighted by molar-refractivity contribution is -0.124. The molecule has 2 unspecified atom stereocenters. The fourth-order valence-corrected chi connectivity index (χ4v) is 4.26. The minimum Gasteiger partial charge on any atom is -0.389 e. The average molecular weight is 368 g/mol. The molecule has 1 amide bonds. The van der Waals surface area contributed by atoms with Crippen LogP contribution in [0, 0.1) is 5.92 Å². The van der Waals surface area contributed by atoms with Gasteiger partial charge in [0.05, 0.1) is 0 Å². The summed E-state index contributed by atoms with van der Waals surface area (Å²) in [5, 5.41) is 3.11. The first kappa shape index (κ1) is 14.8. The number of nitrogens with zero attached hydrogens (tertiary/aromatic N) is 1. The van der Waals surface area contributed by atoms with E-state index in [1.165, 1.54) is 0 Å². The smallest absolute Gasteiger partial charge is 0.220 e. The van der Waals surface area contributed by atoms with Gasteiger partial charge in [0.15, 0.2) is 0 Å². The van der Waals surface area contributed by atoms with Crippen LogP contribution in [0.1, 0.15) is 24.8 Å². The summed E-state index contributed by atoms with van der Waals surface area (Å²) < 4.78 is 0.937. The molecule has 0 saturated carbocycles. The van der Waals surface area contributed by atoms with Crippen LogP contribution in [0.25, 0.3) is 0 Å². The summed E-state index contributed by atoms with van der Waals surface area (Å²) in [5.41, 5.74) is 7.89. The van der Waals surface area contributed by atoms with E-state index in [1.54, 1.807) is 0 Å². The van der Waals surface area contributed by atoms with Gasteiger partial charge in [0.1, 0.15) is 4.99 Å². The highest BCUT2D eigenvalue weighted by Gasteiger charge is 2.34. The molecule has 2 aliphatic rings. The van der Waals surface area contributed by atoms with Gasteiger partial charge in [-0.2, -0.15) is 0 Å². The molecule has 2 aliphatic heterocycles. The molecule has 0 bridgehead atoms. The maximum atomic E-state index is 11.5. The number of thiocarbonyl (C=S) groups is 1. The molecule has 3 rings (SSSR count). The second kappa shape index (κ2) is 5.93. The Balaban J connectivity index is 1.85. The Labute approximate surface area is 138 Å². The minimum atomic E-state index is 0.191. The summed E-state index contributed by atoms with van der Waals surface area (Å²) in [6, 6.07) is 6.37. The standard InChI is InChI=1S/C15H18BrN3OS/c16-10-2-1-3-12(14(10)15(17)21)19-7-6-11-9(8-19)4-5-13(20)18-11/h1-3,9,11H,4-8H2,(H2,17,21)(H,18,20). The number of anilines is 1. The van der Waals surface area contributed by atoms with Crippen LogP contribution in [0.5, 0.6) is 0 Å². The topological polar surface area (TPSA) is 58.4 Å². The van der Waals surface area contributed by atoms with Crippen LogP contribution < -0.4 is 16.0 Å². The second-order valence-corrected chi connectivity index (χ2v) is 7.00. The van der Waals surface area contributed by atoms with Crippen molar-refractivity contribution in [3.63, 3.8) is 0 Å². The third kappa shape index (κ3) is 2.92. The van der Waals surface area contributed by atoms with Crippen LogP contribution >= 0.6 is 28.1 Å². The Morgan fingerprint density at radius 2 is 2.24 bits per heavy atom. The number of carbonyl (C=O) groups excluding carboxylic acids is 1. The van der Waals surface area contributed by atoms with Crippen LogP contribution in [-0.4, -0.2) is 30.0 Å². The molecule has 2 fully saturated rings. The average Bonchev–Trinajstić information content (AvgIpc) is 2.46. The summed E-state index contributed by atoms with van der Waals surface area (Å²) >= 11 is 8.74. The van der Waals surface area contributed by atoms with Crippen molar-refractivity contribution in [1.82, 2.24) is 5.32 Å². The lowest BCUT2D eigenvalue weighted by Gasteiger charge is -2.43. The highest BCUT2D eigenvalue weighted by molar-refractivity contribution is 9.10. The number of carbonyl (C=O) groups is 1. The molecule has 3 N–H and O–H groups in total. The number of rotatable bonds is 2. The number of nitrogens with one attached hydrogen (secondary N) is 1. The molecule has 2 saturated heterocycles. The maximum Gasteiger partial charge on any atom is 0.220 e. The monoisotopic (exact) mass is 367 g/mol. The van der Waals surface area contributed by atoms with Gasteiger partial charge in [-0.3, -0.25) is 4.79 Å². The van der Waals surface area contributed by atoms with Crippen molar-refractivity contribution >= 4 is 44.7 Å². The number of piperidine rings is 2. The van der Waals surface area contributed by atoms with Crippen LogP contribution in [0.2, 0.25) is 0 Å². The lowest BCUT2D eigenvalue weighted by atomic mass is 9.85. The molecule has 2 heterocycles. The van der Waals surface area contributed by atoms with Crippen LogP contribution in [-0.2, 0) is 4.79 Å². The Morgan fingerprint density at radius 1 is 1.43 bits per heavy atom. The highest BCUT2D eigenvalue weighted by atomic mass is 79.9. The zero-order valence-corrected chi connectivity index (χ0v) is 14.0. The zero-order valence-electron chi connectivity index (χ0n) is 11.6. The predicted molar refractivity (Wildman–Crippen MR) is 91.5 cm³/mol. The van der Waals surface area contributed by atoms with Crippen molar-refractivity contribution in [2.24, 2.45) is 11.7 Å². The first-order chi connectivity index (χ1) is 10.1. The van der Waals surface area contributed by atoms with E-state index in [0.29, 0.717) is 23.4 Å². The molecule has 0 radical (unpaired) electrons. The van der Waals surface area contributed by atoms with Crippen LogP contribution in [0.3, 0.4) is 0 Å². The van der Waals surface area contributed by atoms with E-state index in [-0.39, 0.29) is 5.91 Å². The van der Waals surface area contributed by atoms with Gasteiger partial charge in [-0.15, -0.1) is 0 Å². The Kier molecular flexibility index (Phi) is 4.17. The largest absolute Gasteiger partial charge is 0.389 e. The number of hydrogen-bond acceptors (Lipinski definition) is 3. The van der Waals surface area contributed by atoms with E-state index in [4.69, 9.17) is 18.0 Å².